The molecule has 0 aliphatic carbocycles. The standard InChI is InChI=1S/C16H23N.C2H4/c1-4-10-13(5-2)16(15(17)6-3)14-11-8-7-9-12-14;1-2/h5-9,11-12,15-16H,3-4,10,17H2,1-2H3;1-2H2/b13-5+;. The molecule has 0 saturated carbocycles. The predicted molar refractivity (Wildman–Crippen MR) is 87.3 cm³/mol. The molecule has 0 fully saturated rings. The zero-order chi connectivity index (χ0) is 14.7. The summed E-state index contributed by atoms with van der Waals surface area (Å²) in [7, 11) is 0. The molecule has 1 rings (SSSR count). The number of rotatable bonds is 6. The minimum atomic E-state index is -0.0184. The molecule has 19 heavy (non-hydrogen) atoms. The quantitative estimate of drug-likeness (QED) is 0.726. The van der Waals surface area contributed by atoms with Gasteiger partial charge in [0.2, 0.25) is 0 Å². The molecule has 0 aromatic heterocycles. The van der Waals surface area contributed by atoms with Gasteiger partial charge in [-0.1, -0.05) is 61.4 Å². The fourth-order valence-corrected chi connectivity index (χ4v) is 2.25. The van der Waals surface area contributed by atoms with E-state index in [9.17, 15) is 0 Å². The smallest absolute Gasteiger partial charge is 0.0328 e. The van der Waals surface area contributed by atoms with Crippen LogP contribution in [0.3, 0.4) is 0 Å². The minimum Gasteiger partial charge on any atom is -0.324 e. The van der Waals surface area contributed by atoms with Crippen LogP contribution in [0.15, 0.2) is 67.8 Å². The SMILES string of the molecule is C=C.C=CC(N)C(/C(=C/C)CCC)c1ccccc1. The molecule has 2 atom stereocenters. The van der Waals surface area contributed by atoms with Gasteiger partial charge in [0, 0.05) is 12.0 Å². The molecule has 0 radical (unpaired) electrons. The van der Waals surface area contributed by atoms with E-state index in [-0.39, 0.29) is 12.0 Å². The van der Waals surface area contributed by atoms with Gasteiger partial charge < -0.3 is 5.73 Å². The predicted octanol–water partition coefficient (Wildman–Crippen LogP) is 4.83. The third kappa shape index (κ3) is 5.27. The summed E-state index contributed by atoms with van der Waals surface area (Å²) in [6.45, 7) is 14.1. The van der Waals surface area contributed by atoms with Crippen LogP contribution in [0.5, 0.6) is 0 Å². The van der Waals surface area contributed by atoms with E-state index in [0.717, 1.165) is 12.8 Å². The minimum absolute atomic E-state index is 0.0184. The van der Waals surface area contributed by atoms with Gasteiger partial charge in [0.25, 0.3) is 0 Å². The summed E-state index contributed by atoms with van der Waals surface area (Å²) in [6, 6.07) is 10.4. The normalized spacial score (nSPS) is 13.9. The monoisotopic (exact) mass is 257 g/mol. The summed E-state index contributed by atoms with van der Waals surface area (Å²) in [4.78, 5) is 0. The second-order valence-electron chi connectivity index (χ2n) is 4.31. The first kappa shape index (κ1) is 17.4. The van der Waals surface area contributed by atoms with Crippen molar-refractivity contribution in [3.63, 3.8) is 0 Å². The Morgan fingerprint density at radius 1 is 1.26 bits per heavy atom. The van der Waals surface area contributed by atoms with Crippen LogP contribution in [0.4, 0.5) is 0 Å². The fourth-order valence-electron chi connectivity index (χ4n) is 2.25. The maximum atomic E-state index is 6.20. The Bertz CT molecular complexity index is 378. The molecule has 0 amide bonds. The molecular weight excluding hydrogens is 230 g/mol. The van der Waals surface area contributed by atoms with Gasteiger partial charge in [0.15, 0.2) is 0 Å². The first-order chi connectivity index (χ1) is 9.24. The molecule has 0 heterocycles. The summed E-state index contributed by atoms with van der Waals surface area (Å²) in [6.07, 6.45) is 6.28. The zero-order valence-electron chi connectivity index (χ0n) is 12.3. The van der Waals surface area contributed by atoms with Crippen molar-refractivity contribution < 1.29 is 0 Å². The van der Waals surface area contributed by atoms with Crippen LogP contribution < -0.4 is 5.73 Å². The highest BCUT2D eigenvalue weighted by Gasteiger charge is 2.20. The van der Waals surface area contributed by atoms with E-state index in [1.807, 2.05) is 12.1 Å². The van der Waals surface area contributed by atoms with Gasteiger partial charge in [-0.15, -0.1) is 19.7 Å². The van der Waals surface area contributed by atoms with Crippen LogP contribution in [0.2, 0.25) is 0 Å². The van der Waals surface area contributed by atoms with Crippen molar-refractivity contribution in [2.24, 2.45) is 5.73 Å². The Kier molecular flexibility index (Phi) is 9.46. The van der Waals surface area contributed by atoms with Crippen molar-refractivity contribution in [3.8, 4) is 0 Å². The maximum absolute atomic E-state index is 6.20. The number of hydrogen-bond donors (Lipinski definition) is 1. The highest BCUT2D eigenvalue weighted by Crippen LogP contribution is 2.30. The molecule has 0 aliphatic heterocycles. The van der Waals surface area contributed by atoms with Crippen molar-refractivity contribution in [3.05, 3.63) is 73.4 Å². The molecule has 104 valence electrons. The van der Waals surface area contributed by atoms with Crippen molar-refractivity contribution in [2.45, 2.75) is 38.6 Å². The van der Waals surface area contributed by atoms with Crippen molar-refractivity contribution >= 4 is 0 Å². The molecule has 1 aromatic carbocycles. The first-order valence-electron chi connectivity index (χ1n) is 6.82. The van der Waals surface area contributed by atoms with E-state index in [1.54, 1.807) is 0 Å². The Hall–Kier alpha value is -1.60. The lowest BCUT2D eigenvalue weighted by atomic mass is 9.83. The highest BCUT2D eigenvalue weighted by molar-refractivity contribution is 5.32. The summed E-state index contributed by atoms with van der Waals surface area (Å²) in [5.74, 6) is 0.263. The molecule has 0 aliphatic rings. The van der Waals surface area contributed by atoms with E-state index in [4.69, 9.17) is 5.73 Å². The lowest BCUT2D eigenvalue weighted by molar-refractivity contribution is 0.652. The maximum Gasteiger partial charge on any atom is 0.0328 e. The molecule has 0 saturated heterocycles. The lowest BCUT2D eigenvalue weighted by Gasteiger charge is -2.25. The molecule has 2 unspecified atom stereocenters. The Morgan fingerprint density at radius 2 is 1.84 bits per heavy atom. The van der Waals surface area contributed by atoms with Crippen LogP contribution >= 0.6 is 0 Å². The van der Waals surface area contributed by atoms with Gasteiger partial charge in [0.1, 0.15) is 0 Å². The first-order valence-corrected chi connectivity index (χ1v) is 6.82. The molecule has 1 heteroatoms. The number of allylic oxidation sites excluding steroid dienone is 1. The van der Waals surface area contributed by atoms with Gasteiger partial charge in [-0.2, -0.15) is 0 Å². The highest BCUT2D eigenvalue weighted by atomic mass is 14.6. The fraction of sp³-hybridized carbons (Fsp3) is 0.333. The van der Waals surface area contributed by atoms with Crippen molar-refractivity contribution in [2.75, 3.05) is 0 Å². The van der Waals surface area contributed by atoms with Gasteiger partial charge in [-0.05, 0) is 18.9 Å². The Labute approximate surface area is 118 Å². The van der Waals surface area contributed by atoms with Crippen molar-refractivity contribution in [1.29, 1.82) is 0 Å². The molecule has 0 spiro atoms. The average Bonchev–Trinajstić information content (AvgIpc) is 2.49. The number of nitrogens with two attached hydrogens (primary N) is 1. The topological polar surface area (TPSA) is 26.0 Å². The molecule has 0 bridgehead atoms. The summed E-state index contributed by atoms with van der Waals surface area (Å²) < 4.78 is 0. The molecule has 1 nitrogen and oxygen atoms in total. The van der Waals surface area contributed by atoms with Crippen LogP contribution in [-0.2, 0) is 0 Å². The molecule has 1 aromatic rings. The van der Waals surface area contributed by atoms with Crippen LogP contribution in [0.1, 0.15) is 38.2 Å². The largest absolute Gasteiger partial charge is 0.324 e. The summed E-state index contributed by atoms with van der Waals surface area (Å²) in [5.41, 5.74) is 8.88. The molecule has 2 N–H and O–H groups in total. The Morgan fingerprint density at radius 3 is 2.26 bits per heavy atom. The second-order valence-corrected chi connectivity index (χ2v) is 4.31. The Balaban J connectivity index is 0.00000154. The third-order valence-electron chi connectivity index (χ3n) is 3.12. The third-order valence-corrected chi connectivity index (χ3v) is 3.12. The van der Waals surface area contributed by atoms with Crippen molar-refractivity contribution in [1.82, 2.24) is 0 Å². The van der Waals surface area contributed by atoms with Crippen LogP contribution in [0, 0.1) is 0 Å². The number of benzene rings is 1. The lowest BCUT2D eigenvalue weighted by Crippen LogP contribution is -2.27. The van der Waals surface area contributed by atoms with E-state index in [1.165, 1.54) is 11.1 Å². The van der Waals surface area contributed by atoms with Crippen LogP contribution in [0.25, 0.3) is 0 Å². The van der Waals surface area contributed by atoms with Crippen LogP contribution in [-0.4, -0.2) is 6.04 Å². The summed E-state index contributed by atoms with van der Waals surface area (Å²) >= 11 is 0. The average molecular weight is 257 g/mol. The van der Waals surface area contributed by atoms with E-state index >= 15 is 0 Å². The van der Waals surface area contributed by atoms with Gasteiger partial charge in [-0.25, -0.2) is 0 Å². The molecular formula is C18H27N. The number of hydrogen-bond acceptors (Lipinski definition) is 1. The van der Waals surface area contributed by atoms with E-state index < -0.39 is 0 Å². The second kappa shape index (κ2) is 10.3. The van der Waals surface area contributed by atoms with E-state index in [2.05, 4.69) is 63.9 Å². The zero-order valence-corrected chi connectivity index (χ0v) is 12.3. The van der Waals surface area contributed by atoms with Gasteiger partial charge >= 0.3 is 0 Å². The summed E-state index contributed by atoms with van der Waals surface area (Å²) in [5, 5.41) is 0. The van der Waals surface area contributed by atoms with Gasteiger partial charge in [0.05, 0.1) is 0 Å². The van der Waals surface area contributed by atoms with E-state index in [0.29, 0.717) is 0 Å². The van der Waals surface area contributed by atoms with Gasteiger partial charge in [-0.3, -0.25) is 0 Å².